The molecule has 2 fully saturated rings. The van der Waals surface area contributed by atoms with E-state index in [2.05, 4.69) is 6.58 Å². The highest BCUT2D eigenvalue weighted by molar-refractivity contribution is 5.91. The molecule has 104 valence electrons. The summed E-state index contributed by atoms with van der Waals surface area (Å²) in [5, 5.41) is 21.0. The molecule has 0 aromatic rings. The van der Waals surface area contributed by atoms with Gasteiger partial charge < -0.3 is 14.9 Å². The largest absolute Gasteiger partial charge is 0.458 e. The van der Waals surface area contributed by atoms with Crippen LogP contribution < -0.4 is 0 Å². The molecule has 4 nitrogen and oxygen atoms in total. The first-order chi connectivity index (χ1) is 8.86. The fourth-order valence-corrected chi connectivity index (χ4v) is 4.23. The van der Waals surface area contributed by atoms with Gasteiger partial charge >= 0.3 is 5.97 Å². The number of ether oxygens (including phenoxy) is 1. The van der Waals surface area contributed by atoms with Gasteiger partial charge in [0, 0.05) is 16.9 Å². The fourth-order valence-electron chi connectivity index (χ4n) is 4.23. The zero-order valence-electron chi connectivity index (χ0n) is 11.3. The van der Waals surface area contributed by atoms with Crippen molar-refractivity contribution < 1.29 is 19.7 Å². The Morgan fingerprint density at radius 1 is 1.47 bits per heavy atom. The summed E-state index contributed by atoms with van der Waals surface area (Å²) >= 11 is 0. The van der Waals surface area contributed by atoms with Gasteiger partial charge in [-0.2, -0.15) is 0 Å². The van der Waals surface area contributed by atoms with Crippen LogP contribution in [0.25, 0.3) is 0 Å². The summed E-state index contributed by atoms with van der Waals surface area (Å²) in [4.78, 5) is 11.6. The number of carbonyl (C=O) groups excluding carboxylic acids is 1. The molecule has 19 heavy (non-hydrogen) atoms. The number of aliphatic hydroxyl groups is 2. The molecule has 1 heterocycles. The lowest BCUT2D eigenvalue weighted by atomic mass is 9.54. The van der Waals surface area contributed by atoms with Crippen LogP contribution in [0, 0.1) is 17.3 Å². The Kier molecular flexibility index (Phi) is 2.67. The molecule has 0 aromatic heterocycles. The molecule has 0 radical (unpaired) electrons. The maximum Gasteiger partial charge on any atom is 0.334 e. The van der Waals surface area contributed by atoms with Crippen LogP contribution in [0.5, 0.6) is 0 Å². The lowest BCUT2D eigenvalue weighted by Gasteiger charge is -2.53. The number of hydrogen-bond donors (Lipinski definition) is 2. The van der Waals surface area contributed by atoms with Gasteiger partial charge in [0.2, 0.25) is 0 Å². The highest BCUT2D eigenvalue weighted by Crippen LogP contribution is 2.55. The second-order valence-electron chi connectivity index (χ2n) is 6.37. The van der Waals surface area contributed by atoms with Gasteiger partial charge in [0.15, 0.2) is 0 Å². The van der Waals surface area contributed by atoms with Crippen LogP contribution in [0.1, 0.15) is 26.7 Å². The molecule has 0 unspecified atom stereocenters. The van der Waals surface area contributed by atoms with Crippen molar-refractivity contribution in [2.45, 2.75) is 45.0 Å². The molecule has 1 aliphatic heterocycles. The van der Waals surface area contributed by atoms with Gasteiger partial charge in [-0.1, -0.05) is 25.2 Å². The summed E-state index contributed by atoms with van der Waals surface area (Å²) in [6.07, 6.45) is 1.59. The van der Waals surface area contributed by atoms with Gasteiger partial charge in [0.25, 0.3) is 0 Å². The summed E-state index contributed by atoms with van der Waals surface area (Å²) < 4.78 is 5.32. The SMILES string of the molecule is C=C1C(=O)O[C@H]2C[C@@]3(C)[C@H](C(C)=CC[C@@H]3O)[C@@H](O)[C@H]12. The Morgan fingerprint density at radius 3 is 2.84 bits per heavy atom. The average molecular weight is 264 g/mol. The standard InChI is InChI=1S/C15H20O4/c1-7-4-5-10(16)15(3)6-9-11(13(17)12(7)15)8(2)14(18)19-9/h4,9-13,16-17H,2,5-6H2,1,3H3/t9-,10-,11+,12+,13-,15+/m0/s1. The fraction of sp³-hybridized carbons (Fsp3) is 0.667. The summed E-state index contributed by atoms with van der Waals surface area (Å²) in [5.41, 5.74) is 1.02. The van der Waals surface area contributed by atoms with E-state index < -0.39 is 23.6 Å². The van der Waals surface area contributed by atoms with Crippen molar-refractivity contribution in [1.29, 1.82) is 0 Å². The van der Waals surface area contributed by atoms with Gasteiger partial charge in [0.05, 0.1) is 18.1 Å². The first-order valence-corrected chi connectivity index (χ1v) is 6.79. The molecule has 1 saturated heterocycles. The zero-order valence-corrected chi connectivity index (χ0v) is 11.3. The Balaban J connectivity index is 2.04. The molecule has 0 aromatic carbocycles. The van der Waals surface area contributed by atoms with Crippen LogP contribution in [-0.4, -0.2) is 34.5 Å². The van der Waals surface area contributed by atoms with Crippen LogP contribution in [0.15, 0.2) is 23.8 Å². The summed E-state index contributed by atoms with van der Waals surface area (Å²) in [6.45, 7) is 7.72. The van der Waals surface area contributed by atoms with Gasteiger partial charge in [-0.3, -0.25) is 0 Å². The molecule has 0 bridgehead atoms. The van der Waals surface area contributed by atoms with E-state index in [1.165, 1.54) is 0 Å². The highest BCUT2D eigenvalue weighted by atomic mass is 16.6. The molecule has 1 saturated carbocycles. The highest BCUT2D eigenvalue weighted by Gasteiger charge is 2.59. The van der Waals surface area contributed by atoms with E-state index in [0.717, 1.165) is 5.57 Å². The van der Waals surface area contributed by atoms with Gasteiger partial charge in [0.1, 0.15) is 6.10 Å². The number of rotatable bonds is 0. The van der Waals surface area contributed by atoms with Crippen LogP contribution in [0.4, 0.5) is 0 Å². The predicted octanol–water partition coefficient (Wildman–Crippen LogP) is 1.18. The molecule has 6 atom stereocenters. The van der Waals surface area contributed by atoms with Crippen molar-refractivity contribution in [3.8, 4) is 0 Å². The number of fused-ring (bicyclic) bond motifs is 2. The third-order valence-corrected chi connectivity index (χ3v) is 5.30. The first kappa shape index (κ1) is 12.9. The number of carbonyl (C=O) groups is 1. The molecule has 2 aliphatic carbocycles. The van der Waals surface area contributed by atoms with Crippen molar-refractivity contribution in [3.63, 3.8) is 0 Å². The molecular weight excluding hydrogens is 244 g/mol. The average Bonchev–Trinajstić information content (AvgIpc) is 2.60. The Bertz CT molecular complexity index is 481. The van der Waals surface area contributed by atoms with Gasteiger partial charge in [-0.25, -0.2) is 4.79 Å². The maximum atomic E-state index is 11.6. The molecule has 3 rings (SSSR count). The normalized spacial score (nSPS) is 49.3. The molecule has 0 spiro atoms. The molecule has 0 amide bonds. The Morgan fingerprint density at radius 2 is 2.16 bits per heavy atom. The Labute approximate surface area is 112 Å². The minimum Gasteiger partial charge on any atom is -0.458 e. The van der Waals surface area contributed by atoms with E-state index in [4.69, 9.17) is 4.74 Å². The Hall–Kier alpha value is -1.13. The third-order valence-electron chi connectivity index (χ3n) is 5.30. The van der Waals surface area contributed by atoms with E-state index >= 15 is 0 Å². The van der Waals surface area contributed by atoms with Crippen molar-refractivity contribution in [2.24, 2.45) is 17.3 Å². The topological polar surface area (TPSA) is 66.8 Å². The number of hydrogen-bond acceptors (Lipinski definition) is 4. The minimum absolute atomic E-state index is 0.135. The van der Waals surface area contributed by atoms with E-state index in [-0.39, 0.29) is 17.9 Å². The number of aliphatic hydroxyl groups excluding tert-OH is 2. The zero-order chi connectivity index (χ0) is 13.9. The van der Waals surface area contributed by atoms with E-state index in [9.17, 15) is 15.0 Å². The third kappa shape index (κ3) is 1.56. The monoisotopic (exact) mass is 264 g/mol. The van der Waals surface area contributed by atoms with Crippen molar-refractivity contribution in [3.05, 3.63) is 23.8 Å². The lowest BCUT2D eigenvalue weighted by Crippen LogP contribution is -2.56. The smallest absolute Gasteiger partial charge is 0.334 e. The minimum atomic E-state index is -0.714. The van der Waals surface area contributed by atoms with Crippen LogP contribution in [-0.2, 0) is 9.53 Å². The summed E-state index contributed by atoms with van der Waals surface area (Å²) in [6, 6.07) is 0. The maximum absolute atomic E-state index is 11.6. The van der Waals surface area contributed by atoms with Crippen LogP contribution in [0.3, 0.4) is 0 Å². The molecule has 3 aliphatic rings. The lowest BCUT2D eigenvalue weighted by molar-refractivity contribution is -0.154. The van der Waals surface area contributed by atoms with Crippen molar-refractivity contribution >= 4 is 5.97 Å². The summed E-state index contributed by atoms with van der Waals surface area (Å²) in [5.74, 6) is -0.879. The van der Waals surface area contributed by atoms with Crippen molar-refractivity contribution in [1.82, 2.24) is 0 Å². The van der Waals surface area contributed by atoms with Gasteiger partial charge in [-0.05, 0) is 19.8 Å². The predicted molar refractivity (Wildman–Crippen MR) is 69.1 cm³/mol. The number of esters is 1. The second kappa shape index (κ2) is 3.93. The van der Waals surface area contributed by atoms with E-state index in [0.29, 0.717) is 18.4 Å². The first-order valence-electron chi connectivity index (χ1n) is 6.79. The van der Waals surface area contributed by atoms with Gasteiger partial charge in [-0.15, -0.1) is 0 Å². The molecular formula is C15H20O4. The van der Waals surface area contributed by atoms with Crippen LogP contribution in [0.2, 0.25) is 0 Å². The summed E-state index contributed by atoms with van der Waals surface area (Å²) in [7, 11) is 0. The van der Waals surface area contributed by atoms with E-state index in [1.807, 2.05) is 19.9 Å². The van der Waals surface area contributed by atoms with Crippen LogP contribution >= 0.6 is 0 Å². The second-order valence-corrected chi connectivity index (χ2v) is 6.37. The molecule has 2 N–H and O–H groups in total. The van der Waals surface area contributed by atoms with E-state index in [1.54, 1.807) is 0 Å². The van der Waals surface area contributed by atoms with Crippen molar-refractivity contribution in [2.75, 3.05) is 0 Å². The molecule has 4 heteroatoms. The quantitative estimate of drug-likeness (QED) is 0.392.